The van der Waals surface area contributed by atoms with Crippen molar-refractivity contribution >= 4 is 7.05 Å². The van der Waals surface area contributed by atoms with Crippen LogP contribution in [-0.4, -0.2) is 12.1 Å². The average molecular weight is 206 g/mol. The van der Waals surface area contributed by atoms with Gasteiger partial charge in [-0.05, 0) is 12.8 Å². The summed E-state index contributed by atoms with van der Waals surface area (Å²) in [6.45, 7) is 3.62. The highest BCUT2D eigenvalue weighted by atomic mass is 16.3. The number of hydrogen-bond donors (Lipinski definition) is 1. The summed E-state index contributed by atoms with van der Waals surface area (Å²) in [7, 11) is -1.34. The summed E-state index contributed by atoms with van der Waals surface area (Å²) in [5.41, 5.74) is 0.392. The van der Waals surface area contributed by atoms with E-state index in [1.807, 2.05) is 25.1 Å². The molecular weight excluding hydrogens is 191 g/mol. The van der Waals surface area contributed by atoms with Crippen molar-refractivity contribution in [2.45, 2.75) is 32.5 Å². The van der Waals surface area contributed by atoms with E-state index < -0.39 is 12.9 Å². The van der Waals surface area contributed by atoms with Crippen LogP contribution in [0.3, 0.4) is 0 Å². The van der Waals surface area contributed by atoms with Gasteiger partial charge in [0.1, 0.15) is 0 Å². The minimum absolute atomic E-state index is 0.392. The van der Waals surface area contributed by atoms with E-state index in [0.29, 0.717) is 12.0 Å². The normalized spacial score (nSPS) is 13.6. The van der Waals surface area contributed by atoms with Gasteiger partial charge in [-0.15, -0.1) is 0 Å². The molecule has 0 radical (unpaired) electrons. The van der Waals surface area contributed by atoms with Gasteiger partial charge in [0.25, 0.3) is 0 Å². The maximum Gasteiger partial charge on any atom is 0.491 e. The Balaban J connectivity index is 4.41. The van der Waals surface area contributed by atoms with Crippen LogP contribution in [0.1, 0.15) is 26.7 Å². The molecule has 1 N–H and O–H groups in total. The summed E-state index contributed by atoms with van der Waals surface area (Å²) in [6, 6.07) is 1.96. The molecule has 0 aromatic rings. The number of hydrogen-bond acceptors (Lipinski definition) is 4. The molecule has 0 aliphatic carbocycles. The monoisotopic (exact) mass is 206 g/mol. The Bertz CT molecular complexity index is 294. The standard InChI is InChI=1S/C10H15BN2O2/c1-3-4-5-6-7-10(8-12)9(2)11(14)13-15/h4-5,7,9,14H,3,6H2,1-2H3/b5-4-,10-7-. The minimum Gasteiger partial charge on any atom is -0.429 e. The first-order chi connectivity index (χ1) is 7.17. The highest BCUT2D eigenvalue weighted by Crippen LogP contribution is 2.19. The van der Waals surface area contributed by atoms with E-state index in [2.05, 4.69) is 5.09 Å². The molecule has 80 valence electrons. The Morgan fingerprint density at radius 1 is 1.67 bits per heavy atom. The zero-order valence-corrected chi connectivity index (χ0v) is 9.05. The Morgan fingerprint density at radius 2 is 2.33 bits per heavy atom. The lowest BCUT2D eigenvalue weighted by Gasteiger charge is -2.06. The molecule has 0 spiro atoms. The van der Waals surface area contributed by atoms with E-state index in [1.165, 1.54) is 0 Å². The van der Waals surface area contributed by atoms with Crippen molar-refractivity contribution in [1.29, 1.82) is 5.26 Å². The topological polar surface area (TPSA) is 73.4 Å². The van der Waals surface area contributed by atoms with Gasteiger partial charge in [-0.25, -0.2) is 0 Å². The summed E-state index contributed by atoms with van der Waals surface area (Å²) in [5, 5.41) is 20.4. The maximum atomic E-state index is 10.1. The molecule has 15 heavy (non-hydrogen) atoms. The van der Waals surface area contributed by atoms with Crippen LogP contribution in [-0.2, 0) is 0 Å². The molecule has 1 unspecified atom stereocenters. The quantitative estimate of drug-likeness (QED) is 0.314. The van der Waals surface area contributed by atoms with Crippen LogP contribution >= 0.6 is 0 Å². The van der Waals surface area contributed by atoms with Gasteiger partial charge in [0, 0.05) is 11.4 Å². The number of nitroso groups, excluding NO2 is 1. The Morgan fingerprint density at radius 3 is 2.80 bits per heavy atom. The molecule has 0 saturated heterocycles. The fraction of sp³-hybridized carbons (Fsp3) is 0.500. The van der Waals surface area contributed by atoms with Crippen LogP contribution in [0.2, 0.25) is 5.82 Å². The van der Waals surface area contributed by atoms with Crippen LogP contribution in [0, 0.1) is 16.2 Å². The fourth-order valence-corrected chi connectivity index (χ4v) is 1.04. The number of nitrogens with zero attached hydrogens (tertiary/aromatic N) is 2. The molecular formula is C10H15BN2O2. The first-order valence-corrected chi connectivity index (χ1v) is 4.93. The third kappa shape index (κ3) is 5.13. The van der Waals surface area contributed by atoms with Gasteiger partial charge in [0.15, 0.2) is 0 Å². The molecule has 0 aromatic heterocycles. The molecule has 0 aromatic carbocycles. The van der Waals surface area contributed by atoms with Crippen LogP contribution in [0.5, 0.6) is 0 Å². The van der Waals surface area contributed by atoms with Crippen molar-refractivity contribution in [3.05, 3.63) is 28.7 Å². The molecule has 0 aliphatic heterocycles. The summed E-state index contributed by atoms with van der Waals surface area (Å²) in [4.78, 5) is 10.1. The Labute approximate surface area is 90.4 Å². The van der Waals surface area contributed by atoms with Gasteiger partial charge in [-0.3, -0.25) is 0 Å². The summed E-state index contributed by atoms with van der Waals surface area (Å²) in [6.07, 6.45) is 7.21. The third-order valence-electron chi connectivity index (χ3n) is 2.05. The molecule has 0 aliphatic rings. The average Bonchev–Trinajstić information content (AvgIpc) is 2.27. The van der Waals surface area contributed by atoms with Gasteiger partial charge in [-0.1, -0.05) is 37.2 Å². The molecule has 0 bridgehead atoms. The molecule has 0 fully saturated rings. The lowest BCUT2D eigenvalue weighted by atomic mass is 9.66. The van der Waals surface area contributed by atoms with Crippen LogP contribution < -0.4 is 0 Å². The van der Waals surface area contributed by atoms with E-state index >= 15 is 0 Å². The van der Waals surface area contributed by atoms with Gasteiger partial charge in [-0.2, -0.15) is 10.2 Å². The molecule has 5 heteroatoms. The van der Waals surface area contributed by atoms with Crippen LogP contribution in [0.25, 0.3) is 0 Å². The fourth-order valence-electron chi connectivity index (χ4n) is 1.04. The second-order valence-electron chi connectivity index (χ2n) is 3.19. The lowest BCUT2D eigenvalue weighted by molar-refractivity contribution is 0.559. The zero-order chi connectivity index (χ0) is 11.7. The Hall–Kier alpha value is -1.41. The van der Waals surface area contributed by atoms with E-state index in [9.17, 15) is 4.91 Å². The minimum atomic E-state index is -1.34. The number of nitriles is 1. The lowest BCUT2D eigenvalue weighted by Crippen LogP contribution is -2.16. The predicted molar refractivity (Wildman–Crippen MR) is 60.9 cm³/mol. The molecule has 1 atom stereocenters. The zero-order valence-electron chi connectivity index (χ0n) is 9.05. The van der Waals surface area contributed by atoms with Crippen molar-refractivity contribution < 1.29 is 5.02 Å². The highest BCUT2D eigenvalue weighted by molar-refractivity contribution is 6.50. The molecule has 4 nitrogen and oxygen atoms in total. The molecule has 0 amide bonds. The van der Waals surface area contributed by atoms with Crippen molar-refractivity contribution in [2.75, 3.05) is 0 Å². The van der Waals surface area contributed by atoms with Gasteiger partial charge < -0.3 is 5.02 Å². The smallest absolute Gasteiger partial charge is 0.429 e. The van der Waals surface area contributed by atoms with E-state index in [4.69, 9.17) is 10.3 Å². The second kappa shape index (κ2) is 7.95. The number of rotatable bonds is 6. The highest BCUT2D eigenvalue weighted by Gasteiger charge is 2.25. The first kappa shape index (κ1) is 13.6. The van der Waals surface area contributed by atoms with E-state index in [-0.39, 0.29) is 0 Å². The Kier molecular flexibility index (Phi) is 7.20. The van der Waals surface area contributed by atoms with Gasteiger partial charge >= 0.3 is 7.05 Å². The number of allylic oxidation sites excluding steroid dienone is 4. The molecule has 0 saturated carbocycles. The van der Waals surface area contributed by atoms with Crippen molar-refractivity contribution in [1.82, 2.24) is 0 Å². The van der Waals surface area contributed by atoms with Gasteiger partial charge in [0.2, 0.25) is 0 Å². The third-order valence-corrected chi connectivity index (χ3v) is 2.05. The summed E-state index contributed by atoms with van der Waals surface area (Å²) < 4.78 is 0. The first-order valence-electron chi connectivity index (χ1n) is 4.93. The van der Waals surface area contributed by atoms with Crippen LogP contribution in [0.4, 0.5) is 0 Å². The molecule has 0 rings (SSSR count). The predicted octanol–water partition coefficient (Wildman–Crippen LogP) is 2.43. The van der Waals surface area contributed by atoms with E-state index in [1.54, 1.807) is 13.0 Å². The van der Waals surface area contributed by atoms with Crippen molar-refractivity contribution in [3.8, 4) is 6.07 Å². The maximum absolute atomic E-state index is 10.1. The summed E-state index contributed by atoms with van der Waals surface area (Å²) >= 11 is 0. The second-order valence-corrected chi connectivity index (χ2v) is 3.19. The van der Waals surface area contributed by atoms with E-state index in [0.717, 1.165) is 6.42 Å². The van der Waals surface area contributed by atoms with Crippen LogP contribution in [0.15, 0.2) is 28.9 Å². The SMILES string of the molecule is CC/C=C\C/C=C(/C#N)C(C)B(O)N=O. The van der Waals surface area contributed by atoms with Crippen molar-refractivity contribution in [3.63, 3.8) is 0 Å². The van der Waals surface area contributed by atoms with Crippen molar-refractivity contribution in [2.24, 2.45) is 5.09 Å². The summed E-state index contributed by atoms with van der Waals surface area (Å²) in [5.74, 6) is -0.539. The van der Waals surface area contributed by atoms with Gasteiger partial charge in [0.05, 0.1) is 6.07 Å². The molecule has 0 heterocycles. The largest absolute Gasteiger partial charge is 0.491 e.